The maximum Gasteiger partial charge on any atom is 0.281 e. The van der Waals surface area contributed by atoms with Crippen molar-refractivity contribution in [3.63, 3.8) is 0 Å². The molecule has 0 aliphatic carbocycles. The summed E-state index contributed by atoms with van der Waals surface area (Å²) in [4.78, 5) is 31.5. The van der Waals surface area contributed by atoms with E-state index in [0.717, 1.165) is 29.7 Å². The zero-order chi connectivity index (χ0) is 20.5. The molecule has 1 amide bonds. The third-order valence-corrected chi connectivity index (χ3v) is 4.81. The minimum Gasteiger partial charge on any atom is -0.341 e. The maximum atomic E-state index is 14.2. The van der Waals surface area contributed by atoms with Crippen molar-refractivity contribution in [3.05, 3.63) is 69.8 Å². The number of carbonyl (C=O) groups excluding carboxylic acids is 1. The van der Waals surface area contributed by atoms with Crippen LogP contribution in [0.15, 0.2) is 41.2 Å². The molecule has 1 N–H and O–H groups in total. The molecular weight excluding hydrogens is 385 g/mol. The molecular formula is C20H17F3N4O2. The lowest BCUT2D eigenvalue weighted by atomic mass is 10.1. The standard InChI is InChI=1S/C20H17F3N4O2/c21-14-7-6-12(10-16(14)23)11-17(28)25-27-19(29)13-4-3-5-15(22)18(13)24-20(27)26-8-1-2-9-26/h3-7,10H,1-2,8-9,11H2,(H,25,28). The Labute approximate surface area is 163 Å². The van der Waals surface area contributed by atoms with Gasteiger partial charge in [0, 0.05) is 13.1 Å². The summed E-state index contributed by atoms with van der Waals surface area (Å²) < 4.78 is 41.7. The first kappa shape index (κ1) is 19.0. The van der Waals surface area contributed by atoms with Crippen molar-refractivity contribution >= 4 is 22.8 Å². The highest BCUT2D eigenvalue weighted by Gasteiger charge is 2.22. The molecule has 9 heteroatoms. The largest absolute Gasteiger partial charge is 0.341 e. The van der Waals surface area contributed by atoms with Crippen LogP contribution in [0, 0.1) is 17.5 Å². The van der Waals surface area contributed by atoms with Crippen LogP contribution >= 0.6 is 0 Å². The summed E-state index contributed by atoms with van der Waals surface area (Å²) >= 11 is 0. The van der Waals surface area contributed by atoms with E-state index in [4.69, 9.17) is 0 Å². The number of nitrogens with zero attached hydrogens (tertiary/aromatic N) is 3. The van der Waals surface area contributed by atoms with Crippen LogP contribution in [-0.4, -0.2) is 28.7 Å². The molecule has 0 unspecified atom stereocenters. The molecule has 1 fully saturated rings. The average molecular weight is 402 g/mol. The monoisotopic (exact) mass is 402 g/mol. The molecule has 29 heavy (non-hydrogen) atoms. The Morgan fingerprint density at radius 2 is 1.79 bits per heavy atom. The Morgan fingerprint density at radius 3 is 2.52 bits per heavy atom. The zero-order valence-electron chi connectivity index (χ0n) is 15.3. The second-order valence-corrected chi connectivity index (χ2v) is 6.84. The van der Waals surface area contributed by atoms with Gasteiger partial charge >= 0.3 is 0 Å². The molecule has 0 bridgehead atoms. The third-order valence-electron chi connectivity index (χ3n) is 4.81. The number of anilines is 1. The highest BCUT2D eigenvalue weighted by Crippen LogP contribution is 2.20. The van der Waals surface area contributed by atoms with E-state index in [9.17, 15) is 22.8 Å². The fraction of sp³-hybridized carbons (Fsp3) is 0.250. The number of para-hydroxylation sites is 1. The number of fused-ring (bicyclic) bond motifs is 1. The number of halogens is 3. The molecule has 0 spiro atoms. The molecule has 2 aromatic carbocycles. The van der Waals surface area contributed by atoms with Crippen molar-refractivity contribution in [1.29, 1.82) is 0 Å². The number of hydrogen-bond donors (Lipinski definition) is 1. The van der Waals surface area contributed by atoms with Crippen molar-refractivity contribution < 1.29 is 18.0 Å². The highest BCUT2D eigenvalue weighted by molar-refractivity contribution is 5.87. The smallest absolute Gasteiger partial charge is 0.281 e. The predicted molar refractivity (Wildman–Crippen MR) is 102 cm³/mol. The van der Waals surface area contributed by atoms with Crippen LogP contribution in [0.5, 0.6) is 0 Å². The van der Waals surface area contributed by atoms with Crippen LogP contribution < -0.4 is 15.9 Å². The van der Waals surface area contributed by atoms with Gasteiger partial charge in [0.25, 0.3) is 5.56 Å². The van der Waals surface area contributed by atoms with Gasteiger partial charge < -0.3 is 4.90 Å². The van der Waals surface area contributed by atoms with Crippen molar-refractivity contribution in [2.75, 3.05) is 23.4 Å². The third kappa shape index (κ3) is 3.67. The summed E-state index contributed by atoms with van der Waals surface area (Å²) in [5.41, 5.74) is 2.04. The number of nitrogens with one attached hydrogen (secondary N) is 1. The maximum absolute atomic E-state index is 14.2. The van der Waals surface area contributed by atoms with Gasteiger partial charge in [-0.25, -0.2) is 18.2 Å². The number of carbonyl (C=O) groups is 1. The molecule has 0 saturated carbocycles. The van der Waals surface area contributed by atoms with E-state index in [1.165, 1.54) is 24.3 Å². The summed E-state index contributed by atoms with van der Waals surface area (Å²) in [6, 6.07) is 7.18. The molecule has 1 aromatic heterocycles. The van der Waals surface area contributed by atoms with Crippen LogP contribution in [0.1, 0.15) is 18.4 Å². The van der Waals surface area contributed by atoms with Gasteiger partial charge in [0.05, 0.1) is 11.8 Å². The van der Waals surface area contributed by atoms with Gasteiger partial charge in [0.15, 0.2) is 11.6 Å². The van der Waals surface area contributed by atoms with E-state index >= 15 is 0 Å². The Kier molecular flexibility index (Phi) is 4.96. The Balaban J connectivity index is 1.72. The first-order valence-corrected chi connectivity index (χ1v) is 9.14. The normalized spacial score (nSPS) is 13.8. The minimum absolute atomic E-state index is 0.0288. The summed E-state index contributed by atoms with van der Waals surface area (Å²) in [7, 11) is 0. The van der Waals surface area contributed by atoms with Crippen LogP contribution in [0.25, 0.3) is 10.9 Å². The lowest BCUT2D eigenvalue weighted by Gasteiger charge is -2.22. The van der Waals surface area contributed by atoms with E-state index in [-0.39, 0.29) is 28.8 Å². The summed E-state index contributed by atoms with van der Waals surface area (Å²) in [6.07, 6.45) is 1.49. The van der Waals surface area contributed by atoms with Crippen LogP contribution in [0.3, 0.4) is 0 Å². The van der Waals surface area contributed by atoms with E-state index in [1.807, 2.05) is 0 Å². The quantitative estimate of drug-likeness (QED) is 0.729. The molecule has 1 aliphatic rings. The van der Waals surface area contributed by atoms with Crippen molar-refractivity contribution in [2.45, 2.75) is 19.3 Å². The predicted octanol–water partition coefficient (Wildman–Crippen LogP) is 2.73. The lowest BCUT2D eigenvalue weighted by molar-refractivity contribution is -0.116. The Bertz CT molecular complexity index is 1160. The summed E-state index contributed by atoms with van der Waals surface area (Å²) in [5, 5.41) is 0.0288. The Hall–Kier alpha value is -3.36. The first-order chi connectivity index (χ1) is 13.9. The van der Waals surface area contributed by atoms with Gasteiger partial charge in [0.2, 0.25) is 11.9 Å². The first-order valence-electron chi connectivity index (χ1n) is 9.14. The zero-order valence-corrected chi connectivity index (χ0v) is 15.3. The number of hydrogen-bond acceptors (Lipinski definition) is 4. The fourth-order valence-corrected chi connectivity index (χ4v) is 3.39. The molecule has 4 rings (SSSR count). The molecule has 1 saturated heterocycles. The molecule has 2 heterocycles. The van der Waals surface area contributed by atoms with Crippen molar-refractivity contribution in [2.24, 2.45) is 0 Å². The lowest BCUT2D eigenvalue weighted by Crippen LogP contribution is -2.39. The molecule has 3 aromatic rings. The summed E-state index contributed by atoms with van der Waals surface area (Å²) in [5.74, 6) is -3.17. The topological polar surface area (TPSA) is 67.2 Å². The van der Waals surface area contributed by atoms with Gasteiger partial charge in [-0.1, -0.05) is 12.1 Å². The second kappa shape index (κ2) is 7.57. The van der Waals surface area contributed by atoms with Gasteiger partial charge in [-0.05, 0) is 42.7 Å². The number of aromatic nitrogens is 2. The summed E-state index contributed by atoms with van der Waals surface area (Å²) in [6.45, 7) is 1.23. The van der Waals surface area contributed by atoms with Crippen LogP contribution in [-0.2, 0) is 11.2 Å². The number of amides is 1. The van der Waals surface area contributed by atoms with Gasteiger partial charge in [-0.3, -0.25) is 15.0 Å². The molecule has 1 aliphatic heterocycles. The second-order valence-electron chi connectivity index (χ2n) is 6.84. The van der Waals surface area contributed by atoms with Crippen molar-refractivity contribution in [1.82, 2.24) is 9.66 Å². The molecule has 6 nitrogen and oxygen atoms in total. The highest BCUT2D eigenvalue weighted by atomic mass is 19.2. The Morgan fingerprint density at radius 1 is 1.03 bits per heavy atom. The molecule has 150 valence electrons. The van der Waals surface area contributed by atoms with E-state index < -0.39 is 28.9 Å². The van der Waals surface area contributed by atoms with Gasteiger partial charge in [0.1, 0.15) is 11.3 Å². The number of rotatable bonds is 4. The van der Waals surface area contributed by atoms with Crippen molar-refractivity contribution in [3.8, 4) is 0 Å². The van der Waals surface area contributed by atoms with E-state index in [0.29, 0.717) is 13.1 Å². The van der Waals surface area contributed by atoms with E-state index in [1.54, 1.807) is 4.90 Å². The number of benzene rings is 2. The average Bonchev–Trinajstić information content (AvgIpc) is 3.22. The van der Waals surface area contributed by atoms with Crippen LogP contribution in [0.2, 0.25) is 0 Å². The minimum atomic E-state index is -1.06. The molecule has 0 radical (unpaired) electrons. The van der Waals surface area contributed by atoms with Crippen LogP contribution in [0.4, 0.5) is 19.1 Å². The van der Waals surface area contributed by atoms with Gasteiger partial charge in [-0.2, -0.15) is 4.68 Å². The van der Waals surface area contributed by atoms with E-state index in [2.05, 4.69) is 10.4 Å². The SMILES string of the molecule is O=C(Cc1ccc(F)c(F)c1)Nn1c(N2CCCC2)nc2c(F)cccc2c1=O. The van der Waals surface area contributed by atoms with Gasteiger partial charge in [-0.15, -0.1) is 0 Å². The molecule has 0 atom stereocenters. The fourth-order valence-electron chi connectivity index (χ4n) is 3.39.